The molecule has 1 aromatic carbocycles. The van der Waals surface area contributed by atoms with Crippen molar-refractivity contribution in [1.29, 1.82) is 0 Å². The third-order valence-electron chi connectivity index (χ3n) is 3.02. The maximum atomic E-state index is 11.9. The lowest BCUT2D eigenvalue weighted by Gasteiger charge is -2.17. The highest BCUT2D eigenvalue weighted by Gasteiger charge is 2.17. The highest BCUT2D eigenvalue weighted by Crippen LogP contribution is 2.03. The number of nitrogens with zero attached hydrogens (tertiary/aromatic N) is 2. The second kappa shape index (κ2) is 8.01. The molecule has 112 valence electrons. The van der Waals surface area contributed by atoms with Crippen molar-refractivity contribution in [3.05, 3.63) is 35.9 Å². The van der Waals surface area contributed by atoms with E-state index in [1.807, 2.05) is 37.3 Å². The Kier molecular flexibility index (Phi) is 6.67. The topological polar surface area (TPSA) is 61.8 Å². The number of hydrazone groups is 1. The second-order valence-electron chi connectivity index (χ2n) is 4.51. The van der Waals surface area contributed by atoms with Crippen LogP contribution in [0.15, 0.2) is 35.4 Å². The van der Waals surface area contributed by atoms with Crippen molar-refractivity contribution in [2.45, 2.75) is 33.6 Å². The molecule has 0 aliphatic rings. The van der Waals surface area contributed by atoms with Gasteiger partial charge in [0.25, 0.3) is 0 Å². The summed E-state index contributed by atoms with van der Waals surface area (Å²) in [6.07, 6.45) is 1.58. The summed E-state index contributed by atoms with van der Waals surface area (Å²) in [5.74, 6) is 0. The SMILES string of the molecule is CCN(CC)S(=O)(=O)N/N=C(\C)CCc1ccccc1. The Balaban J connectivity index is 2.53. The minimum Gasteiger partial charge on any atom is -0.191 e. The molecule has 0 amide bonds. The molecule has 0 bridgehead atoms. The maximum absolute atomic E-state index is 11.9. The first-order valence-electron chi connectivity index (χ1n) is 6.83. The zero-order valence-electron chi connectivity index (χ0n) is 12.3. The van der Waals surface area contributed by atoms with E-state index in [9.17, 15) is 8.42 Å². The van der Waals surface area contributed by atoms with Crippen molar-refractivity contribution in [3.63, 3.8) is 0 Å². The van der Waals surface area contributed by atoms with E-state index in [4.69, 9.17) is 0 Å². The molecule has 1 rings (SSSR count). The first-order chi connectivity index (χ1) is 9.49. The van der Waals surface area contributed by atoms with Gasteiger partial charge in [-0.3, -0.25) is 0 Å². The second-order valence-corrected chi connectivity index (χ2v) is 6.16. The van der Waals surface area contributed by atoms with E-state index in [0.717, 1.165) is 18.6 Å². The van der Waals surface area contributed by atoms with Crippen LogP contribution in [0, 0.1) is 0 Å². The van der Waals surface area contributed by atoms with Gasteiger partial charge in [-0.15, -0.1) is 0 Å². The Morgan fingerprint density at radius 3 is 2.35 bits per heavy atom. The summed E-state index contributed by atoms with van der Waals surface area (Å²) in [6, 6.07) is 10.1. The Morgan fingerprint density at radius 1 is 1.20 bits per heavy atom. The predicted molar refractivity (Wildman–Crippen MR) is 82.8 cm³/mol. The molecular formula is C14H23N3O2S. The fourth-order valence-electron chi connectivity index (χ4n) is 1.78. The van der Waals surface area contributed by atoms with Crippen LogP contribution in [-0.4, -0.2) is 31.5 Å². The van der Waals surface area contributed by atoms with E-state index in [1.165, 1.54) is 9.87 Å². The van der Waals surface area contributed by atoms with Crippen LogP contribution in [0.2, 0.25) is 0 Å². The van der Waals surface area contributed by atoms with Gasteiger partial charge in [-0.2, -0.15) is 22.7 Å². The lowest BCUT2D eigenvalue weighted by Crippen LogP contribution is -2.38. The Bertz CT molecular complexity index is 523. The van der Waals surface area contributed by atoms with Gasteiger partial charge in [-0.05, 0) is 25.3 Å². The number of hydrogen-bond donors (Lipinski definition) is 1. The summed E-state index contributed by atoms with van der Waals surface area (Å²) in [5, 5.41) is 3.96. The molecule has 6 heteroatoms. The van der Waals surface area contributed by atoms with Gasteiger partial charge in [0.1, 0.15) is 0 Å². The molecule has 0 saturated heterocycles. The van der Waals surface area contributed by atoms with Gasteiger partial charge < -0.3 is 0 Å². The number of aryl methyl sites for hydroxylation is 1. The van der Waals surface area contributed by atoms with Gasteiger partial charge in [-0.1, -0.05) is 44.2 Å². The predicted octanol–water partition coefficient (Wildman–Crippen LogP) is 2.17. The molecule has 1 aromatic rings. The van der Waals surface area contributed by atoms with Crippen LogP contribution in [0.1, 0.15) is 32.8 Å². The van der Waals surface area contributed by atoms with Crippen LogP contribution in [0.3, 0.4) is 0 Å². The van der Waals surface area contributed by atoms with E-state index in [2.05, 4.69) is 9.93 Å². The van der Waals surface area contributed by atoms with Gasteiger partial charge in [0.15, 0.2) is 0 Å². The van der Waals surface area contributed by atoms with E-state index in [0.29, 0.717) is 13.1 Å². The quantitative estimate of drug-likeness (QED) is 0.590. The van der Waals surface area contributed by atoms with Crippen LogP contribution in [-0.2, 0) is 16.6 Å². The average Bonchev–Trinajstić information content (AvgIpc) is 2.45. The molecular weight excluding hydrogens is 274 g/mol. The van der Waals surface area contributed by atoms with E-state index in [1.54, 1.807) is 13.8 Å². The normalized spacial score (nSPS) is 12.7. The van der Waals surface area contributed by atoms with E-state index in [-0.39, 0.29) is 0 Å². The van der Waals surface area contributed by atoms with Crippen LogP contribution in [0.5, 0.6) is 0 Å². The van der Waals surface area contributed by atoms with Gasteiger partial charge in [-0.25, -0.2) is 0 Å². The van der Waals surface area contributed by atoms with Gasteiger partial charge >= 0.3 is 10.2 Å². The summed E-state index contributed by atoms with van der Waals surface area (Å²) in [5.41, 5.74) is 1.98. The van der Waals surface area contributed by atoms with Crippen LogP contribution >= 0.6 is 0 Å². The van der Waals surface area contributed by atoms with Crippen LogP contribution < -0.4 is 4.83 Å². The highest BCUT2D eigenvalue weighted by molar-refractivity contribution is 7.87. The molecule has 20 heavy (non-hydrogen) atoms. The summed E-state index contributed by atoms with van der Waals surface area (Å²) >= 11 is 0. The van der Waals surface area contributed by atoms with Gasteiger partial charge in [0.2, 0.25) is 0 Å². The first kappa shape index (κ1) is 16.7. The number of nitrogens with one attached hydrogen (secondary N) is 1. The molecule has 0 fully saturated rings. The van der Waals surface area contributed by atoms with Crippen molar-refractivity contribution in [2.75, 3.05) is 13.1 Å². The van der Waals surface area contributed by atoms with Crippen LogP contribution in [0.4, 0.5) is 0 Å². The standard InChI is InChI=1S/C14H23N3O2S/c1-4-17(5-2)20(18,19)16-15-13(3)11-12-14-9-7-6-8-10-14/h6-10,16H,4-5,11-12H2,1-3H3/b15-13+. The fraction of sp³-hybridized carbons (Fsp3) is 0.500. The summed E-state index contributed by atoms with van der Waals surface area (Å²) in [6.45, 7) is 6.30. The molecule has 0 saturated carbocycles. The lowest BCUT2D eigenvalue weighted by atomic mass is 10.1. The third kappa shape index (κ3) is 5.30. The van der Waals surface area contributed by atoms with Gasteiger partial charge in [0, 0.05) is 18.8 Å². The van der Waals surface area contributed by atoms with Crippen molar-refractivity contribution in [3.8, 4) is 0 Å². The molecule has 0 aliphatic carbocycles. The molecule has 0 spiro atoms. The van der Waals surface area contributed by atoms with Crippen molar-refractivity contribution in [1.82, 2.24) is 9.14 Å². The number of hydrogen-bond acceptors (Lipinski definition) is 3. The largest absolute Gasteiger partial charge is 0.316 e. The zero-order chi connectivity index (χ0) is 15.0. The molecule has 5 nitrogen and oxygen atoms in total. The monoisotopic (exact) mass is 297 g/mol. The number of benzene rings is 1. The lowest BCUT2D eigenvalue weighted by molar-refractivity contribution is 0.436. The summed E-state index contributed by atoms with van der Waals surface area (Å²) in [7, 11) is -3.50. The maximum Gasteiger partial charge on any atom is 0.316 e. The Hall–Kier alpha value is -1.40. The minimum absolute atomic E-state index is 0.435. The van der Waals surface area contributed by atoms with Crippen molar-refractivity contribution in [2.24, 2.45) is 5.10 Å². The molecule has 1 N–H and O–H groups in total. The molecule has 0 unspecified atom stereocenters. The minimum atomic E-state index is -3.50. The molecule has 0 radical (unpaired) electrons. The van der Waals surface area contributed by atoms with E-state index >= 15 is 0 Å². The van der Waals surface area contributed by atoms with Crippen molar-refractivity contribution < 1.29 is 8.42 Å². The first-order valence-corrected chi connectivity index (χ1v) is 8.27. The Morgan fingerprint density at radius 2 is 1.80 bits per heavy atom. The molecule has 0 heterocycles. The third-order valence-corrected chi connectivity index (χ3v) is 4.53. The smallest absolute Gasteiger partial charge is 0.191 e. The molecule has 0 atom stereocenters. The van der Waals surface area contributed by atoms with Gasteiger partial charge in [0.05, 0.1) is 0 Å². The Labute approximate surface area is 121 Å². The average molecular weight is 297 g/mol. The fourth-order valence-corrected chi connectivity index (χ4v) is 2.85. The highest BCUT2D eigenvalue weighted by atomic mass is 32.2. The number of rotatable bonds is 8. The summed E-state index contributed by atoms with van der Waals surface area (Å²) < 4.78 is 25.1. The van der Waals surface area contributed by atoms with Crippen molar-refractivity contribution >= 4 is 15.9 Å². The summed E-state index contributed by atoms with van der Waals surface area (Å²) in [4.78, 5) is 2.28. The van der Waals surface area contributed by atoms with E-state index < -0.39 is 10.2 Å². The van der Waals surface area contributed by atoms with Crippen LogP contribution in [0.25, 0.3) is 0 Å². The zero-order valence-corrected chi connectivity index (χ0v) is 13.2. The molecule has 0 aliphatic heterocycles. The molecule has 0 aromatic heterocycles.